The summed E-state index contributed by atoms with van der Waals surface area (Å²) in [6.07, 6.45) is 3.29. The molecule has 0 fully saturated rings. The SMILES string of the molecule is COc1cncc(-c2[c]ccc(C(N)=O)c2)c1. The van der Waals surface area contributed by atoms with Gasteiger partial charge < -0.3 is 10.5 Å². The summed E-state index contributed by atoms with van der Waals surface area (Å²) in [5.74, 6) is 0.191. The number of carbonyl (C=O) groups excluding carboxylic acids is 1. The van der Waals surface area contributed by atoms with Gasteiger partial charge in [-0.3, -0.25) is 9.78 Å². The van der Waals surface area contributed by atoms with E-state index >= 15 is 0 Å². The van der Waals surface area contributed by atoms with Crippen LogP contribution in [0.3, 0.4) is 0 Å². The van der Waals surface area contributed by atoms with E-state index in [0.29, 0.717) is 11.3 Å². The first-order chi connectivity index (χ1) is 8.20. The number of hydrogen-bond donors (Lipinski definition) is 1. The number of pyridine rings is 1. The number of carbonyl (C=O) groups is 1. The number of rotatable bonds is 3. The molecule has 4 nitrogen and oxygen atoms in total. The van der Waals surface area contributed by atoms with E-state index in [1.165, 1.54) is 0 Å². The van der Waals surface area contributed by atoms with Crippen LogP contribution < -0.4 is 10.5 Å². The third-order valence-corrected chi connectivity index (χ3v) is 2.35. The number of nitrogens with two attached hydrogens (primary N) is 1. The molecule has 17 heavy (non-hydrogen) atoms. The fraction of sp³-hybridized carbons (Fsp3) is 0.0769. The minimum Gasteiger partial charge on any atom is -0.495 e. The standard InChI is InChI=1S/C13H11N2O2/c1-17-12-6-11(7-15-8-12)9-3-2-4-10(5-9)13(14)16/h2,4-8H,1H3,(H2,14,16). The predicted octanol–water partition coefficient (Wildman–Crippen LogP) is 1.66. The van der Waals surface area contributed by atoms with Crippen LogP contribution in [0, 0.1) is 6.07 Å². The third kappa shape index (κ3) is 2.42. The zero-order chi connectivity index (χ0) is 12.3. The molecule has 0 aliphatic carbocycles. The van der Waals surface area contributed by atoms with Crippen LogP contribution in [0.1, 0.15) is 10.4 Å². The second-order valence-corrected chi connectivity index (χ2v) is 3.47. The van der Waals surface area contributed by atoms with E-state index in [1.807, 2.05) is 6.07 Å². The van der Waals surface area contributed by atoms with Crippen LogP contribution in [0.15, 0.2) is 36.7 Å². The summed E-state index contributed by atoms with van der Waals surface area (Å²) < 4.78 is 5.09. The van der Waals surface area contributed by atoms with Crippen LogP contribution in [-0.2, 0) is 0 Å². The molecule has 0 unspecified atom stereocenters. The van der Waals surface area contributed by atoms with E-state index in [4.69, 9.17) is 10.5 Å². The smallest absolute Gasteiger partial charge is 0.248 e. The highest BCUT2D eigenvalue weighted by molar-refractivity contribution is 5.94. The largest absolute Gasteiger partial charge is 0.495 e. The quantitative estimate of drug-likeness (QED) is 0.867. The van der Waals surface area contributed by atoms with Gasteiger partial charge in [0.25, 0.3) is 0 Å². The average molecular weight is 227 g/mol. The van der Waals surface area contributed by atoms with Gasteiger partial charge >= 0.3 is 0 Å². The Bertz CT molecular complexity index is 553. The second kappa shape index (κ2) is 4.65. The lowest BCUT2D eigenvalue weighted by molar-refractivity contribution is 0.100. The Kier molecular flexibility index (Phi) is 3.05. The molecule has 2 aromatic rings. The van der Waals surface area contributed by atoms with Crippen molar-refractivity contribution in [3.63, 3.8) is 0 Å². The van der Waals surface area contributed by atoms with E-state index in [1.54, 1.807) is 37.7 Å². The minimum atomic E-state index is -0.462. The number of aromatic nitrogens is 1. The van der Waals surface area contributed by atoms with Crippen molar-refractivity contribution < 1.29 is 9.53 Å². The number of methoxy groups -OCH3 is 1. The maximum Gasteiger partial charge on any atom is 0.248 e. The highest BCUT2D eigenvalue weighted by Gasteiger charge is 2.04. The Morgan fingerprint density at radius 2 is 2.24 bits per heavy atom. The van der Waals surface area contributed by atoms with Crippen molar-refractivity contribution in [2.24, 2.45) is 5.73 Å². The summed E-state index contributed by atoms with van der Waals surface area (Å²) in [6, 6.07) is 9.82. The Balaban J connectivity index is 2.45. The van der Waals surface area contributed by atoms with Crippen LogP contribution in [0.4, 0.5) is 0 Å². The van der Waals surface area contributed by atoms with Crippen molar-refractivity contribution in [3.8, 4) is 16.9 Å². The van der Waals surface area contributed by atoms with Crippen molar-refractivity contribution in [2.45, 2.75) is 0 Å². The summed E-state index contributed by atoms with van der Waals surface area (Å²) in [6.45, 7) is 0. The minimum absolute atomic E-state index is 0.446. The molecule has 0 saturated carbocycles. The van der Waals surface area contributed by atoms with E-state index in [9.17, 15) is 4.79 Å². The molecule has 2 N–H and O–H groups in total. The van der Waals surface area contributed by atoms with E-state index < -0.39 is 5.91 Å². The summed E-state index contributed by atoms with van der Waals surface area (Å²) in [4.78, 5) is 15.1. The highest BCUT2D eigenvalue weighted by atomic mass is 16.5. The van der Waals surface area contributed by atoms with Crippen molar-refractivity contribution in [2.75, 3.05) is 7.11 Å². The number of hydrogen-bond acceptors (Lipinski definition) is 3. The Morgan fingerprint density at radius 1 is 1.41 bits per heavy atom. The number of ether oxygens (including phenoxy) is 1. The monoisotopic (exact) mass is 227 g/mol. The van der Waals surface area contributed by atoms with Crippen LogP contribution in [-0.4, -0.2) is 18.0 Å². The number of benzene rings is 1. The van der Waals surface area contributed by atoms with Gasteiger partial charge in [-0.05, 0) is 29.8 Å². The van der Waals surface area contributed by atoms with Gasteiger partial charge in [0.1, 0.15) is 5.75 Å². The second-order valence-electron chi connectivity index (χ2n) is 3.47. The molecule has 0 bridgehead atoms. The molecular formula is C13H11N2O2. The topological polar surface area (TPSA) is 65.2 Å². The number of nitrogens with zero attached hydrogens (tertiary/aromatic N) is 1. The van der Waals surface area contributed by atoms with Gasteiger partial charge in [0, 0.05) is 17.3 Å². The zero-order valence-corrected chi connectivity index (χ0v) is 9.31. The molecular weight excluding hydrogens is 216 g/mol. The van der Waals surface area contributed by atoms with Gasteiger partial charge in [-0.25, -0.2) is 0 Å². The lowest BCUT2D eigenvalue weighted by Gasteiger charge is -2.04. The summed E-state index contributed by atoms with van der Waals surface area (Å²) in [7, 11) is 1.57. The molecule has 4 heteroatoms. The first-order valence-electron chi connectivity index (χ1n) is 5.01. The molecule has 0 spiro atoms. The molecule has 1 aromatic heterocycles. The van der Waals surface area contributed by atoms with Gasteiger partial charge in [0.2, 0.25) is 5.91 Å². The highest BCUT2D eigenvalue weighted by Crippen LogP contribution is 2.22. The predicted molar refractivity (Wildman–Crippen MR) is 63.6 cm³/mol. The normalized spacial score (nSPS) is 9.94. The fourth-order valence-electron chi connectivity index (χ4n) is 1.46. The molecule has 1 heterocycles. The fourth-order valence-corrected chi connectivity index (χ4v) is 1.46. The van der Waals surface area contributed by atoms with E-state index in [2.05, 4.69) is 11.1 Å². The van der Waals surface area contributed by atoms with Crippen LogP contribution in [0.2, 0.25) is 0 Å². The van der Waals surface area contributed by atoms with Gasteiger partial charge in [-0.2, -0.15) is 0 Å². The molecule has 0 atom stereocenters. The van der Waals surface area contributed by atoms with Crippen LogP contribution in [0.5, 0.6) is 5.75 Å². The molecule has 2 rings (SSSR count). The molecule has 0 saturated heterocycles. The Hall–Kier alpha value is -2.36. The van der Waals surface area contributed by atoms with Gasteiger partial charge in [0.05, 0.1) is 13.3 Å². The zero-order valence-electron chi connectivity index (χ0n) is 9.31. The summed E-state index contributed by atoms with van der Waals surface area (Å²) >= 11 is 0. The van der Waals surface area contributed by atoms with Gasteiger partial charge in [-0.15, -0.1) is 0 Å². The maximum atomic E-state index is 11.1. The van der Waals surface area contributed by atoms with Crippen molar-refractivity contribution in [1.29, 1.82) is 0 Å². The van der Waals surface area contributed by atoms with Crippen molar-refractivity contribution >= 4 is 5.91 Å². The average Bonchev–Trinajstić information content (AvgIpc) is 2.39. The molecule has 85 valence electrons. The van der Waals surface area contributed by atoms with E-state index in [0.717, 1.165) is 11.1 Å². The number of primary amides is 1. The molecule has 1 radical (unpaired) electrons. The number of amides is 1. The third-order valence-electron chi connectivity index (χ3n) is 2.35. The maximum absolute atomic E-state index is 11.1. The molecule has 0 aliphatic rings. The van der Waals surface area contributed by atoms with Crippen LogP contribution >= 0.6 is 0 Å². The summed E-state index contributed by atoms with van der Waals surface area (Å²) in [5, 5.41) is 0. The van der Waals surface area contributed by atoms with Crippen molar-refractivity contribution in [1.82, 2.24) is 4.98 Å². The van der Waals surface area contributed by atoms with Gasteiger partial charge in [-0.1, -0.05) is 6.07 Å². The molecule has 1 aromatic carbocycles. The lowest BCUT2D eigenvalue weighted by atomic mass is 10.0. The van der Waals surface area contributed by atoms with Crippen molar-refractivity contribution in [3.05, 3.63) is 48.3 Å². The van der Waals surface area contributed by atoms with E-state index in [-0.39, 0.29) is 0 Å². The summed E-state index contributed by atoms with van der Waals surface area (Å²) in [5.41, 5.74) is 7.25. The Morgan fingerprint density at radius 3 is 2.94 bits per heavy atom. The molecule has 0 aliphatic heterocycles. The van der Waals surface area contributed by atoms with Gasteiger partial charge in [0.15, 0.2) is 0 Å². The lowest BCUT2D eigenvalue weighted by Crippen LogP contribution is -2.10. The molecule has 1 amide bonds. The Labute approximate surface area is 99.1 Å². The first-order valence-corrected chi connectivity index (χ1v) is 5.01. The van der Waals surface area contributed by atoms with Crippen LogP contribution in [0.25, 0.3) is 11.1 Å². The first kappa shape index (κ1) is 11.1.